The molecule has 0 saturated heterocycles. The summed E-state index contributed by atoms with van der Waals surface area (Å²) in [4.78, 5) is 23.1. The molecular formula is C23H36O7. The molecule has 0 amide bonds. The molecule has 0 fully saturated rings. The smallest absolute Gasteiger partial charge is 0.308 e. The van der Waals surface area contributed by atoms with E-state index in [9.17, 15) is 24.9 Å². The van der Waals surface area contributed by atoms with E-state index in [1.807, 2.05) is 26.0 Å². The number of carboxylic acid groups (broad SMARTS) is 1. The Morgan fingerprint density at radius 3 is 2.60 bits per heavy atom. The van der Waals surface area contributed by atoms with Crippen LogP contribution >= 0.6 is 0 Å². The Balaban J connectivity index is 2.09. The van der Waals surface area contributed by atoms with Crippen molar-refractivity contribution in [3.05, 3.63) is 23.8 Å². The molecule has 0 aromatic rings. The summed E-state index contributed by atoms with van der Waals surface area (Å²) in [6.07, 6.45) is 4.64. The summed E-state index contributed by atoms with van der Waals surface area (Å²) in [6, 6.07) is 0. The van der Waals surface area contributed by atoms with Crippen molar-refractivity contribution in [3.8, 4) is 0 Å². The average molecular weight is 425 g/mol. The summed E-state index contributed by atoms with van der Waals surface area (Å²) in [5.41, 5.74) is 0.958. The molecule has 0 saturated carbocycles. The summed E-state index contributed by atoms with van der Waals surface area (Å²) >= 11 is 0. The third-order valence-electron chi connectivity index (χ3n) is 6.44. The molecule has 2 aliphatic carbocycles. The highest BCUT2D eigenvalue weighted by atomic mass is 16.5. The van der Waals surface area contributed by atoms with Gasteiger partial charge in [0.2, 0.25) is 0 Å². The molecule has 170 valence electrons. The molecule has 4 N–H and O–H groups in total. The summed E-state index contributed by atoms with van der Waals surface area (Å²) in [6.45, 7) is 5.85. The van der Waals surface area contributed by atoms with Crippen LogP contribution < -0.4 is 0 Å². The fourth-order valence-corrected chi connectivity index (χ4v) is 4.52. The number of carbonyl (C=O) groups is 2. The Bertz CT molecular complexity index is 656. The summed E-state index contributed by atoms with van der Waals surface area (Å²) in [5, 5.41) is 39.1. The lowest BCUT2D eigenvalue weighted by atomic mass is 9.66. The number of aliphatic hydroxyl groups is 3. The largest absolute Gasteiger partial charge is 0.481 e. The quantitative estimate of drug-likeness (QED) is 0.397. The maximum Gasteiger partial charge on any atom is 0.308 e. The maximum atomic E-state index is 12.4. The lowest BCUT2D eigenvalue weighted by Crippen LogP contribution is -2.43. The number of ether oxygens (including phenoxy) is 1. The monoisotopic (exact) mass is 424 g/mol. The number of aliphatic carboxylic acids is 1. The SMILES string of the molecule is CC[C@H](C)C(=O)O[C@H]1C[C@H](O)C=C2C=C[C@H](C)[C@@H](CC[C@@H](O)C[C@@H](O)CC(=O)O)[C@H]21. The van der Waals surface area contributed by atoms with E-state index in [2.05, 4.69) is 13.0 Å². The van der Waals surface area contributed by atoms with Crippen LogP contribution in [0.25, 0.3) is 0 Å². The number of hydrogen-bond donors (Lipinski definition) is 4. The average Bonchev–Trinajstić information content (AvgIpc) is 2.65. The standard InChI is InChI=1S/C23H36O7/c1-4-13(2)23(29)30-20-11-17(25)9-15-6-5-14(3)19(22(15)20)8-7-16(24)10-18(26)12-21(27)28/h5-6,9,13-14,16-20,22,24-26H,4,7-8,10-12H2,1-3H3,(H,27,28)/t13-,14-,16+,17+,18+,19+,20-,22-/m0/s1. The predicted molar refractivity (Wildman–Crippen MR) is 111 cm³/mol. The molecule has 2 aliphatic rings. The van der Waals surface area contributed by atoms with Crippen molar-refractivity contribution in [3.63, 3.8) is 0 Å². The van der Waals surface area contributed by atoms with Crippen molar-refractivity contribution in [1.82, 2.24) is 0 Å². The number of carboxylic acids is 1. The van der Waals surface area contributed by atoms with E-state index in [1.54, 1.807) is 0 Å². The maximum absolute atomic E-state index is 12.4. The first-order valence-electron chi connectivity index (χ1n) is 11.0. The normalized spacial score (nSPS) is 31.3. The van der Waals surface area contributed by atoms with Gasteiger partial charge in [-0.2, -0.15) is 0 Å². The molecule has 7 nitrogen and oxygen atoms in total. The first kappa shape index (κ1) is 24.6. The fraction of sp³-hybridized carbons (Fsp3) is 0.739. The van der Waals surface area contributed by atoms with E-state index in [-0.39, 0.29) is 42.5 Å². The molecule has 0 aromatic heterocycles. The number of aliphatic hydroxyl groups excluding tert-OH is 3. The van der Waals surface area contributed by atoms with E-state index >= 15 is 0 Å². The highest BCUT2D eigenvalue weighted by molar-refractivity contribution is 5.72. The van der Waals surface area contributed by atoms with Crippen LogP contribution in [0.5, 0.6) is 0 Å². The van der Waals surface area contributed by atoms with Crippen molar-refractivity contribution < 1.29 is 34.8 Å². The fourth-order valence-electron chi connectivity index (χ4n) is 4.52. The zero-order chi connectivity index (χ0) is 22.4. The number of fused-ring (bicyclic) bond motifs is 1. The second kappa shape index (κ2) is 11.1. The van der Waals surface area contributed by atoms with Gasteiger partial charge in [0, 0.05) is 12.3 Å². The second-order valence-corrected chi connectivity index (χ2v) is 8.88. The van der Waals surface area contributed by atoms with E-state index in [4.69, 9.17) is 9.84 Å². The first-order valence-corrected chi connectivity index (χ1v) is 11.0. The molecule has 0 spiro atoms. The molecule has 8 atom stereocenters. The third-order valence-corrected chi connectivity index (χ3v) is 6.44. The lowest BCUT2D eigenvalue weighted by Gasteiger charge is -2.43. The van der Waals surface area contributed by atoms with Crippen LogP contribution in [0.2, 0.25) is 0 Å². The molecule has 0 heterocycles. The molecule has 0 unspecified atom stereocenters. The number of esters is 1. The minimum atomic E-state index is -1.10. The Labute approximate surface area is 178 Å². The second-order valence-electron chi connectivity index (χ2n) is 8.88. The van der Waals surface area contributed by atoms with Gasteiger partial charge in [0.25, 0.3) is 0 Å². The molecule has 0 aromatic carbocycles. The van der Waals surface area contributed by atoms with Crippen LogP contribution in [0.4, 0.5) is 0 Å². The number of hydrogen-bond acceptors (Lipinski definition) is 6. The Morgan fingerprint density at radius 1 is 1.27 bits per heavy atom. The van der Waals surface area contributed by atoms with Gasteiger partial charge in [-0.1, -0.05) is 39.0 Å². The molecule has 2 rings (SSSR count). The van der Waals surface area contributed by atoms with E-state index in [1.165, 1.54) is 0 Å². The van der Waals surface area contributed by atoms with Gasteiger partial charge < -0.3 is 25.2 Å². The lowest BCUT2D eigenvalue weighted by molar-refractivity contribution is -0.159. The molecular weight excluding hydrogens is 388 g/mol. The molecule has 0 aliphatic heterocycles. The predicted octanol–water partition coefficient (Wildman–Crippen LogP) is 2.44. The van der Waals surface area contributed by atoms with Gasteiger partial charge in [-0.15, -0.1) is 0 Å². The van der Waals surface area contributed by atoms with Crippen LogP contribution in [-0.2, 0) is 14.3 Å². The van der Waals surface area contributed by atoms with Gasteiger partial charge in [0.05, 0.1) is 30.7 Å². The number of allylic oxidation sites excluding steroid dienone is 2. The van der Waals surface area contributed by atoms with Gasteiger partial charge in [-0.3, -0.25) is 9.59 Å². The summed E-state index contributed by atoms with van der Waals surface area (Å²) in [5.74, 6) is -1.31. The minimum absolute atomic E-state index is 0.0156. The van der Waals surface area contributed by atoms with Crippen molar-refractivity contribution in [2.45, 2.75) is 83.7 Å². The Morgan fingerprint density at radius 2 is 1.97 bits per heavy atom. The topological polar surface area (TPSA) is 124 Å². The van der Waals surface area contributed by atoms with Gasteiger partial charge in [0.1, 0.15) is 6.10 Å². The zero-order valence-corrected chi connectivity index (χ0v) is 18.1. The molecule has 0 radical (unpaired) electrons. The molecule has 0 bridgehead atoms. The Hall–Kier alpha value is -1.70. The highest BCUT2D eigenvalue weighted by Crippen LogP contribution is 2.44. The Kier molecular flexibility index (Phi) is 9.07. The van der Waals surface area contributed by atoms with Crippen molar-refractivity contribution >= 4 is 11.9 Å². The van der Waals surface area contributed by atoms with E-state index < -0.39 is 30.4 Å². The summed E-state index contributed by atoms with van der Waals surface area (Å²) < 4.78 is 5.84. The number of carbonyl (C=O) groups excluding carboxylic acids is 1. The van der Waals surface area contributed by atoms with Crippen LogP contribution in [0.1, 0.15) is 59.3 Å². The first-order chi connectivity index (χ1) is 14.1. The van der Waals surface area contributed by atoms with Gasteiger partial charge in [-0.05, 0) is 43.1 Å². The zero-order valence-electron chi connectivity index (χ0n) is 18.1. The molecule has 30 heavy (non-hydrogen) atoms. The van der Waals surface area contributed by atoms with Crippen LogP contribution in [0.15, 0.2) is 23.8 Å². The van der Waals surface area contributed by atoms with Crippen molar-refractivity contribution in [1.29, 1.82) is 0 Å². The summed E-state index contributed by atoms with van der Waals surface area (Å²) in [7, 11) is 0. The number of rotatable bonds is 10. The highest BCUT2D eigenvalue weighted by Gasteiger charge is 2.42. The molecule has 7 heteroatoms. The van der Waals surface area contributed by atoms with Gasteiger partial charge in [0.15, 0.2) is 0 Å². The van der Waals surface area contributed by atoms with Gasteiger partial charge in [-0.25, -0.2) is 0 Å². The van der Waals surface area contributed by atoms with Crippen LogP contribution in [0, 0.1) is 23.7 Å². The van der Waals surface area contributed by atoms with Crippen LogP contribution in [-0.4, -0.2) is 56.8 Å². The third kappa shape index (κ3) is 6.65. The van der Waals surface area contributed by atoms with Crippen molar-refractivity contribution in [2.24, 2.45) is 23.7 Å². The van der Waals surface area contributed by atoms with Crippen molar-refractivity contribution in [2.75, 3.05) is 0 Å². The van der Waals surface area contributed by atoms with Crippen LogP contribution in [0.3, 0.4) is 0 Å². The van der Waals surface area contributed by atoms with E-state index in [0.29, 0.717) is 25.7 Å². The van der Waals surface area contributed by atoms with E-state index in [0.717, 1.165) is 5.57 Å². The minimum Gasteiger partial charge on any atom is -0.481 e. The van der Waals surface area contributed by atoms with Gasteiger partial charge >= 0.3 is 11.9 Å².